The van der Waals surface area contributed by atoms with E-state index in [1.165, 1.54) is 12.1 Å². The van der Waals surface area contributed by atoms with E-state index in [9.17, 15) is 14.3 Å². The Kier molecular flexibility index (Phi) is 6.21. The zero-order valence-electron chi connectivity index (χ0n) is 14.6. The van der Waals surface area contributed by atoms with Gasteiger partial charge >= 0.3 is 5.97 Å². The van der Waals surface area contributed by atoms with Crippen LogP contribution in [0, 0.1) is 11.7 Å². The van der Waals surface area contributed by atoms with Gasteiger partial charge in [-0.2, -0.15) is 0 Å². The molecule has 0 amide bonds. The SMILES string of the molecule is O=C(O)C1CCCN(C2CCN(CC=Cc3ccc(F)cc3)CC2)C1. The lowest BCUT2D eigenvalue weighted by Crippen LogP contribution is -2.49. The van der Waals surface area contributed by atoms with Crippen LogP contribution in [0.2, 0.25) is 0 Å². The summed E-state index contributed by atoms with van der Waals surface area (Å²) >= 11 is 0. The molecule has 2 aliphatic rings. The van der Waals surface area contributed by atoms with Gasteiger partial charge in [-0.3, -0.25) is 14.6 Å². The molecule has 136 valence electrons. The number of nitrogens with zero attached hydrogens (tertiary/aromatic N) is 2. The number of halogens is 1. The van der Waals surface area contributed by atoms with Gasteiger partial charge in [-0.1, -0.05) is 24.3 Å². The van der Waals surface area contributed by atoms with Gasteiger partial charge in [0.2, 0.25) is 0 Å². The highest BCUT2D eigenvalue weighted by Crippen LogP contribution is 2.24. The van der Waals surface area contributed by atoms with Gasteiger partial charge in [0.1, 0.15) is 5.82 Å². The van der Waals surface area contributed by atoms with E-state index in [2.05, 4.69) is 15.9 Å². The molecule has 1 aromatic rings. The molecule has 4 nitrogen and oxygen atoms in total. The van der Waals surface area contributed by atoms with Crippen molar-refractivity contribution < 1.29 is 14.3 Å². The molecule has 0 radical (unpaired) electrons. The van der Waals surface area contributed by atoms with Crippen LogP contribution in [0.4, 0.5) is 4.39 Å². The highest BCUT2D eigenvalue weighted by molar-refractivity contribution is 5.70. The Labute approximate surface area is 148 Å². The molecule has 1 N–H and O–H groups in total. The molecule has 3 rings (SSSR count). The summed E-state index contributed by atoms with van der Waals surface area (Å²) in [7, 11) is 0. The zero-order valence-corrected chi connectivity index (χ0v) is 14.6. The van der Waals surface area contributed by atoms with E-state index in [1.807, 2.05) is 6.08 Å². The van der Waals surface area contributed by atoms with Crippen LogP contribution in [-0.4, -0.2) is 59.6 Å². The minimum absolute atomic E-state index is 0.189. The highest BCUT2D eigenvalue weighted by Gasteiger charge is 2.31. The Bertz CT molecular complexity index is 594. The van der Waals surface area contributed by atoms with E-state index >= 15 is 0 Å². The van der Waals surface area contributed by atoms with Crippen molar-refractivity contribution in [2.45, 2.75) is 31.7 Å². The van der Waals surface area contributed by atoms with E-state index in [0.29, 0.717) is 12.6 Å². The zero-order chi connectivity index (χ0) is 17.6. The van der Waals surface area contributed by atoms with Crippen molar-refractivity contribution in [3.63, 3.8) is 0 Å². The van der Waals surface area contributed by atoms with Crippen molar-refractivity contribution >= 4 is 12.0 Å². The topological polar surface area (TPSA) is 43.8 Å². The Morgan fingerprint density at radius 3 is 2.56 bits per heavy atom. The molecule has 25 heavy (non-hydrogen) atoms. The van der Waals surface area contributed by atoms with Crippen LogP contribution in [0.1, 0.15) is 31.2 Å². The number of carboxylic acid groups (broad SMARTS) is 1. The number of benzene rings is 1. The third kappa shape index (κ3) is 5.13. The predicted molar refractivity (Wildman–Crippen MR) is 96.8 cm³/mol. The molecule has 2 heterocycles. The maximum absolute atomic E-state index is 12.9. The first kappa shape index (κ1) is 18.1. The van der Waals surface area contributed by atoms with E-state index in [0.717, 1.165) is 57.4 Å². The van der Waals surface area contributed by atoms with Crippen LogP contribution in [0.5, 0.6) is 0 Å². The van der Waals surface area contributed by atoms with Crippen LogP contribution in [0.3, 0.4) is 0 Å². The van der Waals surface area contributed by atoms with Crippen molar-refractivity contribution in [3.8, 4) is 0 Å². The first-order chi connectivity index (χ1) is 12.1. The highest BCUT2D eigenvalue weighted by atomic mass is 19.1. The van der Waals surface area contributed by atoms with Gasteiger partial charge in [0.25, 0.3) is 0 Å². The number of aliphatic carboxylic acids is 1. The van der Waals surface area contributed by atoms with Gasteiger partial charge in [0.05, 0.1) is 5.92 Å². The molecular weight excluding hydrogens is 319 g/mol. The maximum atomic E-state index is 12.9. The average molecular weight is 346 g/mol. The second-order valence-electron chi connectivity index (χ2n) is 7.16. The number of likely N-dealkylation sites (tertiary alicyclic amines) is 2. The number of rotatable bonds is 5. The van der Waals surface area contributed by atoms with Crippen LogP contribution in [-0.2, 0) is 4.79 Å². The molecule has 1 aromatic carbocycles. The van der Waals surface area contributed by atoms with Gasteiger partial charge in [-0.15, -0.1) is 0 Å². The average Bonchev–Trinajstić information content (AvgIpc) is 2.64. The molecule has 2 fully saturated rings. The number of carbonyl (C=O) groups is 1. The maximum Gasteiger partial charge on any atom is 0.307 e. The first-order valence-electron chi connectivity index (χ1n) is 9.23. The summed E-state index contributed by atoms with van der Waals surface area (Å²) < 4.78 is 12.9. The van der Waals surface area contributed by atoms with Crippen molar-refractivity contribution in [2.24, 2.45) is 5.92 Å². The molecule has 0 saturated carbocycles. The van der Waals surface area contributed by atoms with Crippen molar-refractivity contribution in [3.05, 3.63) is 41.7 Å². The van der Waals surface area contributed by atoms with Gasteiger partial charge in [0.15, 0.2) is 0 Å². The monoisotopic (exact) mass is 346 g/mol. The number of piperidine rings is 2. The summed E-state index contributed by atoms with van der Waals surface area (Å²) in [6.45, 7) is 4.75. The molecule has 0 aromatic heterocycles. The molecule has 2 aliphatic heterocycles. The summed E-state index contributed by atoms with van der Waals surface area (Å²) in [5.74, 6) is -1.04. The lowest BCUT2D eigenvalue weighted by molar-refractivity contribution is -0.144. The third-order valence-corrected chi connectivity index (χ3v) is 5.42. The number of carboxylic acids is 1. The fourth-order valence-corrected chi connectivity index (χ4v) is 3.92. The number of hydrogen-bond acceptors (Lipinski definition) is 3. The minimum atomic E-state index is -0.645. The van der Waals surface area contributed by atoms with E-state index < -0.39 is 5.97 Å². The summed E-state index contributed by atoms with van der Waals surface area (Å²) in [5.41, 5.74) is 1.02. The molecule has 0 aliphatic carbocycles. The van der Waals surface area contributed by atoms with Crippen LogP contribution >= 0.6 is 0 Å². The van der Waals surface area contributed by atoms with Crippen molar-refractivity contribution in [1.82, 2.24) is 9.80 Å². The second-order valence-corrected chi connectivity index (χ2v) is 7.16. The molecule has 0 bridgehead atoms. The van der Waals surface area contributed by atoms with E-state index in [4.69, 9.17) is 0 Å². The Balaban J connectivity index is 1.42. The number of hydrogen-bond donors (Lipinski definition) is 1. The molecule has 5 heteroatoms. The van der Waals surface area contributed by atoms with Gasteiger partial charge < -0.3 is 5.11 Å². The summed E-state index contributed by atoms with van der Waals surface area (Å²) in [6.07, 6.45) is 8.20. The lowest BCUT2D eigenvalue weighted by Gasteiger charge is -2.41. The summed E-state index contributed by atoms with van der Waals surface area (Å²) in [4.78, 5) is 16.0. The Morgan fingerprint density at radius 2 is 1.88 bits per heavy atom. The van der Waals surface area contributed by atoms with Gasteiger partial charge in [0, 0.05) is 19.1 Å². The summed E-state index contributed by atoms with van der Waals surface area (Å²) in [6, 6.07) is 7.06. The fraction of sp³-hybridized carbons (Fsp3) is 0.550. The first-order valence-corrected chi connectivity index (χ1v) is 9.23. The molecule has 1 unspecified atom stereocenters. The normalized spacial score (nSPS) is 24.0. The molecule has 2 saturated heterocycles. The molecular formula is C20H27FN2O2. The largest absolute Gasteiger partial charge is 0.481 e. The fourth-order valence-electron chi connectivity index (χ4n) is 3.92. The minimum Gasteiger partial charge on any atom is -0.481 e. The second kappa shape index (κ2) is 8.59. The predicted octanol–water partition coefficient (Wildman–Crippen LogP) is 3.10. The molecule has 1 atom stereocenters. The van der Waals surface area contributed by atoms with Crippen LogP contribution in [0.15, 0.2) is 30.3 Å². The molecule has 0 spiro atoms. The van der Waals surface area contributed by atoms with Crippen molar-refractivity contribution in [2.75, 3.05) is 32.7 Å². The van der Waals surface area contributed by atoms with Gasteiger partial charge in [-0.05, 0) is 63.0 Å². The van der Waals surface area contributed by atoms with Gasteiger partial charge in [-0.25, -0.2) is 4.39 Å². The Morgan fingerprint density at radius 1 is 1.16 bits per heavy atom. The van der Waals surface area contributed by atoms with Crippen LogP contribution < -0.4 is 0 Å². The lowest BCUT2D eigenvalue weighted by atomic mass is 9.94. The van der Waals surface area contributed by atoms with E-state index in [1.54, 1.807) is 12.1 Å². The summed E-state index contributed by atoms with van der Waals surface area (Å²) in [5, 5.41) is 9.24. The standard InChI is InChI=1S/C20H27FN2O2/c21-18-7-5-16(6-8-18)3-1-11-22-13-9-19(10-14-22)23-12-2-4-17(15-23)20(24)25/h1,3,5-8,17,19H,2,4,9-15H2,(H,24,25). The van der Waals surface area contributed by atoms with Crippen molar-refractivity contribution in [1.29, 1.82) is 0 Å². The quantitative estimate of drug-likeness (QED) is 0.890. The smallest absolute Gasteiger partial charge is 0.307 e. The van der Waals surface area contributed by atoms with E-state index in [-0.39, 0.29) is 11.7 Å². The third-order valence-electron chi connectivity index (χ3n) is 5.42. The van der Waals surface area contributed by atoms with Crippen LogP contribution in [0.25, 0.3) is 6.08 Å². The Hall–Kier alpha value is -1.72.